The lowest BCUT2D eigenvalue weighted by molar-refractivity contribution is 0.272. The summed E-state index contributed by atoms with van der Waals surface area (Å²) >= 11 is 11.2. The van der Waals surface area contributed by atoms with Crippen LogP contribution < -0.4 is 5.32 Å². The fourth-order valence-corrected chi connectivity index (χ4v) is 2.64. The van der Waals surface area contributed by atoms with E-state index in [4.69, 9.17) is 11.6 Å². The van der Waals surface area contributed by atoms with Gasteiger partial charge in [0.2, 0.25) is 0 Å². The van der Waals surface area contributed by atoms with Crippen molar-refractivity contribution in [1.82, 2.24) is 0 Å². The van der Waals surface area contributed by atoms with E-state index in [1.807, 2.05) is 30.0 Å². The summed E-state index contributed by atoms with van der Waals surface area (Å²) in [5.74, 6) is 2.17. The number of hydrogen-bond donors (Lipinski definition) is 2. The van der Waals surface area contributed by atoms with Crippen molar-refractivity contribution in [3.05, 3.63) is 27.7 Å². The van der Waals surface area contributed by atoms with Crippen molar-refractivity contribution in [1.29, 1.82) is 0 Å². The Morgan fingerprint density at radius 2 is 2.29 bits per heavy atom. The van der Waals surface area contributed by atoms with Crippen molar-refractivity contribution >= 4 is 45.0 Å². The third-order valence-electron chi connectivity index (χ3n) is 2.33. The van der Waals surface area contributed by atoms with E-state index in [2.05, 4.69) is 28.2 Å². The Bertz CT molecular complexity index is 351. The van der Waals surface area contributed by atoms with Crippen LogP contribution in [0.25, 0.3) is 0 Å². The molecule has 1 unspecified atom stereocenters. The molecule has 1 rings (SSSR count). The molecule has 0 aliphatic carbocycles. The number of hydrogen-bond acceptors (Lipinski definition) is 3. The van der Waals surface area contributed by atoms with E-state index in [0.717, 1.165) is 28.1 Å². The van der Waals surface area contributed by atoms with Gasteiger partial charge in [0.05, 0.1) is 11.6 Å². The summed E-state index contributed by atoms with van der Waals surface area (Å²) < 4.78 is 0.865. The van der Waals surface area contributed by atoms with Gasteiger partial charge in [0.15, 0.2) is 0 Å². The van der Waals surface area contributed by atoms with Crippen molar-refractivity contribution in [3.63, 3.8) is 0 Å². The van der Waals surface area contributed by atoms with Crippen LogP contribution in [-0.2, 0) is 0 Å². The Morgan fingerprint density at radius 3 is 2.88 bits per heavy atom. The van der Waals surface area contributed by atoms with E-state index in [-0.39, 0.29) is 12.6 Å². The molecule has 0 saturated carbocycles. The maximum absolute atomic E-state index is 9.30. The van der Waals surface area contributed by atoms with Crippen LogP contribution in [0.15, 0.2) is 22.7 Å². The summed E-state index contributed by atoms with van der Waals surface area (Å²) in [5, 5.41) is 13.3. The van der Waals surface area contributed by atoms with E-state index in [1.54, 1.807) is 0 Å². The van der Waals surface area contributed by atoms with Crippen LogP contribution in [-0.4, -0.2) is 29.3 Å². The van der Waals surface area contributed by atoms with Gasteiger partial charge in [-0.2, -0.15) is 11.8 Å². The fourth-order valence-electron chi connectivity index (χ4n) is 1.40. The maximum Gasteiger partial charge on any atom is 0.0633 e. The molecule has 17 heavy (non-hydrogen) atoms. The molecular weight excluding hydrogens is 322 g/mol. The summed E-state index contributed by atoms with van der Waals surface area (Å²) in [7, 11) is 0. The van der Waals surface area contributed by atoms with Gasteiger partial charge in [0.25, 0.3) is 0 Å². The lowest BCUT2D eigenvalue weighted by Gasteiger charge is -2.17. The molecule has 0 aliphatic rings. The minimum Gasteiger partial charge on any atom is -0.394 e. The summed E-state index contributed by atoms with van der Waals surface area (Å²) in [6.45, 7) is 2.28. The molecule has 0 radical (unpaired) electrons. The van der Waals surface area contributed by atoms with E-state index < -0.39 is 0 Å². The van der Waals surface area contributed by atoms with Gasteiger partial charge >= 0.3 is 0 Å². The number of aliphatic hydroxyl groups is 1. The highest BCUT2D eigenvalue weighted by molar-refractivity contribution is 9.10. The minimum absolute atomic E-state index is 0.0992. The second-order valence-corrected chi connectivity index (χ2v) is 6.29. The van der Waals surface area contributed by atoms with Crippen LogP contribution in [0.2, 0.25) is 5.02 Å². The molecular formula is C12H17BrClNOS. The van der Waals surface area contributed by atoms with Crippen LogP contribution in [0.3, 0.4) is 0 Å². The van der Waals surface area contributed by atoms with E-state index in [1.165, 1.54) is 0 Å². The quantitative estimate of drug-likeness (QED) is 0.737. The normalized spacial score (nSPS) is 12.5. The van der Waals surface area contributed by atoms with E-state index in [9.17, 15) is 5.11 Å². The third kappa shape index (κ3) is 5.51. The Morgan fingerprint density at radius 1 is 1.53 bits per heavy atom. The Labute approximate surface area is 120 Å². The van der Waals surface area contributed by atoms with E-state index in [0.29, 0.717) is 5.02 Å². The number of nitrogens with one attached hydrogen (secondary N) is 1. The van der Waals surface area contributed by atoms with Gasteiger partial charge in [0.1, 0.15) is 0 Å². The fraction of sp³-hybridized carbons (Fsp3) is 0.500. The maximum atomic E-state index is 9.30. The van der Waals surface area contributed by atoms with Crippen LogP contribution in [0.5, 0.6) is 0 Å². The molecule has 2 N–H and O–H groups in total. The third-order valence-corrected chi connectivity index (χ3v) is 4.47. The smallest absolute Gasteiger partial charge is 0.0633 e. The predicted octanol–water partition coefficient (Wildman–Crippen LogP) is 4.02. The SMILES string of the molecule is CCSCCC(CO)Nc1ccc(Cl)c(Br)c1. The van der Waals surface area contributed by atoms with Crippen LogP contribution >= 0.6 is 39.3 Å². The van der Waals surface area contributed by atoms with Gasteiger partial charge in [-0.1, -0.05) is 18.5 Å². The van der Waals surface area contributed by atoms with Crippen LogP contribution in [0, 0.1) is 0 Å². The predicted molar refractivity (Wildman–Crippen MR) is 81.3 cm³/mol. The molecule has 0 aliphatic heterocycles. The molecule has 1 aromatic rings. The summed E-state index contributed by atoms with van der Waals surface area (Å²) in [4.78, 5) is 0. The summed E-state index contributed by atoms with van der Waals surface area (Å²) in [5.41, 5.74) is 0.974. The lowest BCUT2D eigenvalue weighted by Crippen LogP contribution is -2.24. The number of benzene rings is 1. The molecule has 0 aromatic heterocycles. The highest BCUT2D eigenvalue weighted by Gasteiger charge is 2.07. The average Bonchev–Trinajstić information content (AvgIpc) is 2.32. The second-order valence-electron chi connectivity index (χ2n) is 3.64. The van der Waals surface area contributed by atoms with Gasteiger partial charge in [-0.05, 0) is 52.1 Å². The Kier molecular flexibility index (Phi) is 7.35. The standard InChI is InChI=1S/C12H17BrClNOS/c1-2-17-6-5-10(8-16)15-9-3-4-12(14)11(13)7-9/h3-4,7,10,15-16H,2,5-6,8H2,1H3. The van der Waals surface area contributed by atoms with Crippen molar-refractivity contribution in [2.24, 2.45) is 0 Å². The lowest BCUT2D eigenvalue weighted by atomic mass is 10.2. The number of anilines is 1. The van der Waals surface area contributed by atoms with Crippen molar-refractivity contribution < 1.29 is 5.11 Å². The highest BCUT2D eigenvalue weighted by atomic mass is 79.9. The minimum atomic E-state index is 0.0992. The van der Waals surface area contributed by atoms with E-state index >= 15 is 0 Å². The number of thioether (sulfide) groups is 1. The molecule has 1 aromatic carbocycles. The van der Waals surface area contributed by atoms with Crippen molar-refractivity contribution in [2.45, 2.75) is 19.4 Å². The summed E-state index contributed by atoms with van der Waals surface area (Å²) in [6.07, 6.45) is 0.954. The molecule has 5 heteroatoms. The van der Waals surface area contributed by atoms with Gasteiger partial charge in [-0.3, -0.25) is 0 Å². The topological polar surface area (TPSA) is 32.3 Å². The zero-order valence-electron chi connectivity index (χ0n) is 9.75. The summed E-state index contributed by atoms with van der Waals surface area (Å²) in [6, 6.07) is 5.78. The Balaban J connectivity index is 2.51. The molecule has 2 nitrogen and oxygen atoms in total. The molecule has 96 valence electrons. The van der Waals surface area contributed by atoms with Gasteiger partial charge in [0, 0.05) is 16.2 Å². The highest BCUT2D eigenvalue weighted by Crippen LogP contribution is 2.26. The molecule has 1 atom stereocenters. The first-order valence-corrected chi connectivity index (χ1v) is 7.90. The monoisotopic (exact) mass is 337 g/mol. The number of halogens is 2. The van der Waals surface area contributed by atoms with Crippen LogP contribution in [0.1, 0.15) is 13.3 Å². The first-order valence-electron chi connectivity index (χ1n) is 5.57. The van der Waals surface area contributed by atoms with Gasteiger partial charge in [-0.15, -0.1) is 0 Å². The Hall–Kier alpha value is 0.1000. The second kappa shape index (κ2) is 8.25. The molecule has 0 heterocycles. The van der Waals surface area contributed by atoms with Gasteiger partial charge in [-0.25, -0.2) is 0 Å². The van der Waals surface area contributed by atoms with Crippen molar-refractivity contribution in [3.8, 4) is 0 Å². The van der Waals surface area contributed by atoms with Crippen molar-refractivity contribution in [2.75, 3.05) is 23.4 Å². The number of rotatable bonds is 7. The first kappa shape index (κ1) is 15.2. The zero-order valence-corrected chi connectivity index (χ0v) is 12.9. The molecule has 0 bridgehead atoms. The number of aliphatic hydroxyl groups excluding tert-OH is 1. The molecule has 0 amide bonds. The molecule has 0 fully saturated rings. The first-order chi connectivity index (χ1) is 8.17. The van der Waals surface area contributed by atoms with Crippen LogP contribution in [0.4, 0.5) is 5.69 Å². The molecule has 0 spiro atoms. The average molecular weight is 339 g/mol. The zero-order chi connectivity index (χ0) is 12.7. The molecule has 0 saturated heterocycles. The van der Waals surface area contributed by atoms with Gasteiger partial charge < -0.3 is 10.4 Å². The largest absolute Gasteiger partial charge is 0.394 e.